The maximum absolute atomic E-state index is 11.9. The van der Waals surface area contributed by atoms with Gasteiger partial charge in [-0.05, 0) is 18.9 Å². The second-order valence-electron chi connectivity index (χ2n) is 5.14. The molecule has 1 aliphatic heterocycles. The Morgan fingerprint density at radius 2 is 2.05 bits per heavy atom. The van der Waals surface area contributed by atoms with E-state index in [0.29, 0.717) is 19.5 Å². The molecule has 1 heterocycles. The number of hydrogen-bond acceptors (Lipinski definition) is 3. The maximum atomic E-state index is 11.9. The fourth-order valence-corrected chi connectivity index (χ4v) is 2.13. The van der Waals surface area contributed by atoms with Crippen LogP contribution in [0.2, 0.25) is 0 Å². The van der Waals surface area contributed by atoms with Crippen LogP contribution in [-0.4, -0.2) is 30.0 Å². The minimum absolute atomic E-state index is 0.240. The van der Waals surface area contributed by atoms with Crippen LogP contribution in [0, 0.1) is 5.41 Å². The third-order valence-corrected chi connectivity index (χ3v) is 3.53. The van der Waals surface area contributed by atoms with E-state index in [1.807, 2.05) is 30.3 Å². The number of amides is 2. The van der Waals surface area contributed by atoms with E-state index in [9.17, 15) is 9.59 Å². The molecule has 0 bridgehead atoms. The van der Waals surface area contributed by atoms with Gasteiger partial charge in [-0.1, -0.05) is 30.3 Å². The summed E-state index contributed by atoms with van der Waals surface area (Å²) in [6.07, 6.45) is 0.191. The van der Waals surface area contributed by atoms with E-state index in [0.717, 1.165) is 5.56 Å². The van der Waals surface area contributed by atoms with Crippen LogP contribution in [-0.2, 0) is 16.1 Å². The minimum Gasteiger partial charge on any atom is -0.445 e. The lowest BCUT2D eigenvalue weighted by Crippen LogP contribution is -2.38. The summed E-state index contributed by atoms with van der Waals surface area (Å²) in [6, 6.07) is 9.48. The molecule has 0 unspecified atom stereocenters. The average Bonchev–Trinajstić information content (AvgIpc) is 2.81. The lowest BCUT2D eigenvalue weighted by Gasteiger charge is -2.20. The number of carbonyl (C=O) groups excluding carboxylic acids is 2. The molecule has 2 N–H and O–H groups in total. The topological polar surface area (TPSA) is 72.6 Å². The molecule has 0 saturated carbocycles. The summed E-state index contributed by atoms with van der Waals surface area (Å²) in [5.74, 6) is -0.370. The second kappa shape index (κ2) is 5.30. The van der Waals surface area contributed by atoms with Crippen molar-refractivity contribution in [3.05, 3.63) is 35.9 Å². The molecule has 0 aliphatic carbocycles. The van der Waals surface area contributed by atoms with Crippen LogP contribution in [0.1, 0.15) is 18.9 Å². The van der Waals surface area contributed by atoms with Gasteiger partial charge < -0.3 is 15.4 Å². The summed E-state index contributed by atoms with van der Waals surface area (Å²) in [5.41, 5.74) is 5.65. The Morgan fingerprint density at radius 1 is 1.37 bits per heavy atom. The number of nitrogens with two attached hydrogens (primary N) is 1. The molecule has 2 rings (SSSR count). The highest BCUT2D eigenvalue weighted by Gasteiger charge is 2.41. The third-order valence-electron chi connectivity index (χ3n) is 3.53. The number of rotatable bonds is 3. The normalized spacial score (nSPS) is 22.3. The highest BCUT2D eigenvalue weighted by Crippen LogP contribution is 2.29. The van der Waals surface area contributed by atoms with Crippen LogP contribution in [0.4, 0.5) is 4.79 Å². The Labute approximate surface area is 112 Å². The Bertz CT molecular complexity index is 475. The second-order valence-corrected chi connectivity index (χ2v) is 5.14. The molecule has 0 radical (unpaired) electrons. The quantitative estimate of drug-likeness (QED) is 0.897. The fraction of sp³-hybridized carbons (Fsp3) is 0.429. The Balaban J connectivity index is 1.87. The van der Waals surface area contributed by atoms with E-state index in [1.165, 1.54) is 4.90 Å². The zero-order valence-electron chi connectivity index (χ0n) is 11.0. The van der Waals surface area contributed by atoms with E-state index in [-0.39, 0.29) is 12.5 Å². The zero-order chi connectivity index (χ0) is 13.9. The summed E-state index contributed by atoms with van der Waals surface area (Å²) in [4.78, 5) is 24.7. The summed E-state index contributed by atoms with van der Waals surface area (Å²) >= 11 is 0. The smallest absolute Gasteiger partial charge is 0.410 e. The van der Waals surface area contributed by atoms with Crippen molar-refractivity contribution in [2.75, 3.05) is 13.1 Å². The maximum Gasteiger partial charge on any atom is 0.410 e. The molecule has 19 heavy (non-hydrogen) atoms. The number of likely N-dealkylation sites (tertiary alicyclic amines) is 1. The Morgan fingerprint density at radius 3 is 2.63 bits per heavy atom. The molecule has 1 aromatic rings. The molecular weight excluding hydrogens is 244 g/mol. The molecule has 2 amide bonds. The van der Waals surface area contributed by atoms with E-state index >= 15 is 0 Å². The number of primary amides is 1. The number of nitrogens with zero attached hydrogens (tertiary/aromatic N) is 1. The lowest BCUT2D eigenvalue weighted by molar-refractivity contribution is -0.126. The number of ether oxygens (including phenoxy) is 1. The molecule has 0 spiro atoms. The molecule has 102 valence electrons. The van der Waals surface area contributed by atoms with Crippen molar-refractivity contribution in [3.63, 3.8) is 0 Å². The van der Waals surface area contributed by atoms with Gasteiger partial charge >= 0.3 is 6.09 Å². The van der Waals surface area contributed by atoms with Gasteiger partial charge in [-0.2, -0.15) is 0 Å². The number of hydrogen-bond donors (Lipinski definition) is 1. The minimum atomic E-state index is -0.633. The lowest BCUT2D eigenvalue weighted by atomic mass is 9.89. The molecule has 1 atom stereocenters. The van der Waals surface area contributed by atoms with Crippen molar-refractivity contribution in [1.29, 1.82) is 0 Å². The van der Waals surface area contributed by atoms with Crippen molar-refractivity contribution in [2.45, 2.75) is 20.0 Å². The number of carbonyl (C=O) groups is 2. The van der Waals surface area contributed by atoms with E-state index in [4.69, 9.17) is 10.5 Å². The SMILES string of the molecule is C[C@]1(C(N)=O)CCN(C(=O)OCc2ccccc2)C1. The monoisotopic (exact) mass is 262 g/mol. The summed E-state index contributed by atoms with van der Waals surface area (Å²) < 4.78 is 5.22. The van der Waals surface area contributed by atoms with Gasteiger partial charge in [-0.25, -0.2) is 4.79 Å². The van der Waals surface area contributed by atoms with Crippen molar-refractivity contribution in [2.24, 2.45) is 11.1 Å². The van der Waals surface area contributed by atoms with Crippen LogP contribution in [0.15, 0.2) is 30.3 Å². The van der Waals surface area contributed by atoms with Crippen molar-refractivity contribution >= 4 is 12.0 Å². The van der Waals surface area contributed by atoms with Crippen molar-refractivity contribution < 1.29 is 14.3 Å². The van der Waals surface area contributed by atoms with Gasteiger partial charge in [0.1, 0.15) is 6.61 Å². The molecule has 1 saturated heterocycles. The fourth-order valence-electron chi connectivity index (χ4n) is 2.13. The summed E-state index contributed by atoms with van der Waals surface area (Å²) in [6.45, 7) is 2.85. The van der Waals surface area contributed by atoms with Crippen LogP contribution >= 0.6 is 0 Å². The summed E-state index contributed by atoms with van der Waals surface area (Å²) in [5, 5.41) is 0. The largest absolute Gasteiger partial charge is 0.445 e. The van der Waals surface area contributed by atoms with Crippen LogP contribution in [0.25, 0.3) is 0 Å². The first-order chi connectivity index (χ1) is 9.01. The van der Waals surface area contributed by atoms with Gasteiger partial charge in [0.2, 0.25) is 5.91 Å². The Hall–Kier alpha value is -2.04. The molecule has 1 fully saturated rings. The van der Waals surface area contributed by atoms with E-state index < -0.39 is 11.5 Å². The molecule has 1 aliphatic rings. The van der Waals surface area contributed by atoms with Gasteiger partial charge in [0.05, 0.1) is 5.41 Å². The first-order valence-corrected chi connectivity index (χ1v) is 6.27. The van der Waals surface area contributed by atoms with Gasteiger partial charge in [-0.15, -0.1) is 0 Å². The van der Waals surface area contributed by atoms with Gasteiger partial charge in [0, 0.05) is 13.1 Å². The van der Waals surface area contributed by atoms with Crippen LogP contribution < -0.4 is 5.73 Å². The van der Waals surface area contributed by atoms with Gasteiger partial charge in [-0.3, -0.25) is 4.79 Å². The molecule has 1 aromatic carbocycles. The predicted octanol–water partition coefficient (Wildman–Crippen LogP) is 1.52. The van der Waals surface area contributed by atoms with Crippen molar-refractivity contribution in [1.82, 2.24) is 4.90 Å². The van der Waals surface area contributed by atoms with Crippen LogP contribution in [0.5, 0.6) is 0 Å². The molecule has 0 aromatic heterocycles. The number of benzene rings is 1. The van der Waals surface area contributed by atoms with E-state index in [1.54, 1.807) is 6.92 Å². The summed E-state index contributed by atoms with van der Waals surface area (Å²) in [7, 11) is 0. The zero-order valence-corrected chi connectivity index (χ0v) is 11.0. The average molecular weight is 262 g/mol. The molecular formula is C14H18N2O3. The standard InChI is InChI=1S/C14H18N2O3/c1-14(12(15)17)7-8-16(10-14)13(18)19-9-11-5-3-2-4-6-11/h2-6H,7-10H2,1H3,(H2,15,17)/t14-/m0/s1. The molecule has 5 nitrogen and oxygen atoms in total. The third kappa shape index (κ3) is 3.05. The highest BCUT2D eigenvalue weighted by molar-refractivity contribution is 5.82. The van der Waals surface area contributed by atoms with E-state index in [2.05, 4.69) is 0 Å². The van der Waals surface area contributed by atoms with Gasteiger partial charge in [0.25, 0.3) is 0 Å². The van der Waals surface area contributed by atoms with Gasteiger partial charge in [0.15, 0.2) is 0 Å². The molecule has 5 heteroatoms. The van der Waals surface area contributed by atoms with Crippen LogP contribution in [0.3, 0.4) is 0 Å². The first kappa shape index (κ1) is 13.4. The highest BCUT2D eigenvalue weighted by atomic mass is 16.6. The first-order valence-electron chi connectivity index (χ1n) is 6.27. The Kier molecular flexibility index (Phi) is 3.74. The predicted molar refractivity (Wildman–Crippen MR) is 70.1 cm³/mol. The van der Waals surface area contributed by atoms with Crippen molar-refractivity contribution in [3.8, 4) is 0 Å².